The van der Waals surface area contributed by atoms with Gasteiger partial charge in [-0.25, -0.2) is 5.43 Å². The molecule has 0 saturated carbocycles. The maximum absolute atomic E-state index is 3.26. The van der Waals surface area contributed by atoms with Gasteiger partial charge in [0, 0.05) is 45.1 Å². The Morgan fingerprint density at radius 1 is 1.15 bits per heavy atom. The average Bonchev–Trinajstić information content (AvgIpc) is 2.53. The van der Waals surface area contributed by atoms with Crippen molar-refractivity contribution in [2.24, 2.45) is 0 Å². The highest BCUT2D eigenvalue weighted by molar-refractivity contribution is 5.07. The normalized spacial score (nSPS) is 25.2. The van der Waals surface area contributed by atoms with Crippen LogP contribution in [-0.4, -0.2) is 61.6 Å². The number of piperazine rings is 1. The summed E-state index contributed by atoms with van der Waals surface area (Å²) in [5.41, 5.74) is 4.69. The van der Waals surface area contributed by atoms with Crippen LogP contribution in [-0.2, 0) is 0 Å². The third-order valence-electron chi connectivity index (χ3n) is 2.76. The molecule has 4 heteroatoms. The van der Waals surface area contributed by atoms with E-state index in [1.807, 2.05) is 12.1 Å². The van der Waals surface area contributed by atoms with E-state index < -0.39 is 0 Å². The Labute approximate surface area is 79.8 Å². The minimum absolute atomic E-state index is 0.986. The SMILES string of the molecule is CN1CCN(C2=CN(C)NC2)CC1. The second kappa shape index (κ2) is 3.55. The predicted octanol–water partition coefficient (Wildman–Crippen LogP) is -0.475. The maximum atomic E-state index is 3.26. The van der Waals surface area contributed by atoms with Crippen molar-refractivity contribution in [3.05, 3.63) is 11.9 Å². The van der Waals surface area contributed by atoms with Gasteiger partial charge in [-0.2, -0.15) is 0 Å². The zero-order valence-corrected chi connectivity index (χ0v) is 8.45. The van der Waals surface area contributed by atoms with Gasteiger partial charge in [0.25, 0.3) is 0 Å². The highest BCUT2D eigenvalue weighted by Gasteiger charge is 2.19. The van der Waals surface area contributed by atoms with Crippen LogP contribution in [0, 0.1) is 0 Å². The van der Waals surface area contributed by atoms with Crippen molar-refractivity contribution in [3.8, 4) is 0 Å². The second-order valence-corrected chi connectivity index (χ2v) is 3.86. The van der Waals surface area contributed by atoms with Crippen LogP contribution in [0.2, 0.25) is 0 Å². The van der Waals surface area contributed by atoms with Crippen molar-refractivity contribution in [1.82, 2.24) is 20.2 Å². The molecule has 2 heterocycles. The van der Waals surface area contributed by atoms with E-state index in [0.717, 1.165) is 19.6 Å². The average molecular weight is 182 g/mol. The molecule has 0 amide bonds. The summed E-state index contributed by atoms with van der Waals surface area (Å²) in [6, 6.07) is 0. The van der Waals surface area contributed by atoms with Crippen LogP contribution in [0.3, 0.4) is 0 Å². The number of hydrogen-bond acceptors (Lipinski definition) is 4. The van der Waals surface area contributed by atoms with E-state index in [0.29, 0.717) is 0 Å². The van der Waals surface area contributed by atoms with Gasteiger partial charge in [-0.15, -0.1) is 0 Å². The fraction of sp³-hybridized carbons (Fsp3) is 0.778. The zero-order chi connectivity index (χ0) is 9.26. The van der Waals surface area contributed by atoms with E-state index in [9.17, 15) is 0 Å². The molecular formula is C9H18N4. The first-order valence-corrected chi connectivity index (χ1v) is 4.86. The quantitative estimate of drug-likeness (QED) is 0.591. The highest BCUT2D eigenvalue weighted by Crippen LogP contribution is 2.11. The lowest BCUT2D eigenvalue weighted by Crippen LogP contribution is -2.44. The molecular weight excluding hydrogens is 164 g/mol. The van der Waals surface area contributed by atoms with Gasteiger partial charge < -0.3 is 14.8 Å². The molecule has 0 bridgehead atoms. The molecule has 1 fully saturated rings. The molecule has 0 radical (unpaired) electrons. The number of nitrogens with one attached hydrogen (secondary N) is 1. The standard InChI is InChI=1S/C9H18N4/c1-11-3-5-13(6-4-11)9-7-10-12(2)8-9/h8,10H,3-7H2,1-2H3. The van der Waals surface area contributed by atoms with Gasteiger partial charge in [-0.05, 0) is 7.05 Å². The predicted molar refractivity (Wildman–Crippen MR) is 52.9 cm³/mol. The molecule has 2 rings (SSSR count). The molecule has 13 heavy (non-hydrogen) atoms. The number of likely N-dealkylation sites (N-methyl/N-ethyl adjacent to an activating group) is 1. The van der Waals surface area contributed by atoms with Gasteiger partial charge in [0.05, 0.1) is 6.54 Å². The van der Waals surface area contributed by atoms with Crippen LogP contribution in [0.25, 0.3) is 0 Å². The van der Waals surface area contributed by atoms with Crippen molar-refractivity contribution in [2.45, 2.75) is 0 Å². The van der Waals surface area contributed by atoms with Gasteiger partial charge in [0.1, 0.15) is 0 Å². The van der Waals surface area contributed by atoms with Crippen molar-refractivity contribution in [2.75, 3.05) is 46.8 Å². The molecule has 1 N–H and O–H groups in total. The Hall–Kier alpha value is -0.740. The summed E-state index contributed by atoms with van der Waals surface area (Å²) >= 11 is 0. The van der Waals surface area contributed by atoms with E-state index >= 15 is 0 Å². The summed E-state index contributed by atoms with van der Waals surface area (Å²) in [6.07, 6.45) is 2.19. The highest BCUT2D eigenvalue weighted by atomic mass is 15.5. The molecule has 0 atom stereocenters. The fourth-order valence-corrected chi connectivity index (χ4v) is 1.81. The lowest BCUT2D eigenvalue weighted by molar-refractivity contribution is 0.185. The van der Waals surface area contributed by atoms with Crippen molar-refractivity contribution in [3.63, 3.8) is 0 Å². The lowest BCUT2D eigenvalue weighted by Gasteiger charge is -2.34. The summed E-state index contributed by atoms with van der Waals surface area (Å²) < 4.78 is 0. The van der Waals surface area contributed by atoms with Gasteiger partial charge >= 0.3 is 0 Å². The fourth-order valence-electron chi connectivity index (χ4n) is 1.81. The molecule has 0 aliphatic carbocycles. The largest absolute Gasteiger partial charge is 0.370 e. The molecule has 0 aromatic rings. The second-order valence-electron chi connectivity index (χ2n) is 3.86. The molecule has 1 saturated heterocycles. The first-order chi connectivity index (χ1) is 6.25. The van der Waals surface area contributed by atoms with Crippen LogP contribution in [0.15, 0.2) is 11.9 Å². The van der Waals surface area contributed by atoms with Crippen LogP contribution in [0.1, 0.15) is 0 Å². The third kappa shape index (κ3) is 1.95. The summed E-state index contributed by atoms with van der Waals surface area (Å²) in [5.74, 6) is 0. The summed E-state index contributed by atoms with van der Waals surface area (Å²) in [6.45, 7) is 5.68. The van der Waals surface area contributed by atoms with Crippen molar-refractivity contribution in [1.29, 1.82) is 0 Å². The smallest absolute Gasteiger partial charge is 0.0565 e. The Morgan fingerprint density at radius 3 is 2.38 bits per heavy atom. The minimum atomic E-state index is 0.986. The third-order valence-corrected chi connectivity index (χ3v) is 2.76. The molecule has 74 valence electrons. The summed E-state index contributed by atoms with van der Waals surface area (Å²) in [4.78, 5) is 4.85. The Morgan fingerprint density at radius 2 is 1.85 bits per heavy atom. The van der Waals surface area contributed by atoms with Gasteiger partial charge in [-0.3, -0.25) is 0 Å². The minimum Gasteiger partial charge on any atom is -0.370 e. The maximum Gasteiger partial charge on any atom is 0.0565 e. The molecule has 0 aromatic carbocycles. The van der Waals surface area contributed by atoms with Gasteiger partial charge in [-0.1, -0.05) is 0 Å². The summed E-state index contributed by atoms with van der Waals surface area (Å²) in [5, 5.41) is 2.04. The molecule has 2 aliphatic rings. The number of rotatable bonds is 1. The van der Waals surface area contributed by atoms with Gasteiger partial charge in [0.15, 0.2) is 0 Å². The Kier molecular flexibility index (Phi) is 2.42. The van der Waals surface area contributed by atoms with E-state index in [4.69, 9.17) is 0 Å². The number of hydrogen-bond donors (Lipinski definition) is 1. The van der Waals surface area contributed by atoms with E-state index in [2.05, 4.69) is 28.5 Å². The summed E-state index contributed by atoms with van der Waals surface area (Å²) in [7, 11) is 4.23. The van der Waals surface area contributed by atoms with Crippen LogP contribution in [0.5, 0.6) is 0 Å². The zero-order valence-electron chi connectivity index (χ0n) is 8.45. The Balaban J connectivity index is 1.91. The number of nitrogens with zero attached hydrogens (tertiary/aromatic N) is 3. The topological polar surface area (TPSA) is 21.8 Å². The van der Waals surface area contributed by atoms with Crippen LogP contribution < -0.4 is 5.43 Å². The molecule has 4 nitrogen and oxygen atoms in total. The van der Waals surface area contributed by atoms with Crippen molar-refractivity contribution >= 4 is 0 Å². The molecule has 2 aliphatic heterocycles. The first-order valence-electron chi connectivity index (χ1n) is 4.86. The van der Waals surface area contributed by atoms with Crippen molar-refractivity contribution < 1.29 is 0 Å². The van der Waals surface area contributed by atoms with Gasteiger partial charge in [0.2, 0.25) is 0 Å². The molecule has 0 spiro atoms. The van der Waals surface area contributed by atoms with Crippen LogP contribution >= 0.6 is 0 Å². The molecule has 0 unspecified atom stereocenters. The van der Waals surface area contributed by atoms with E-state index in [1.165, 1.54) is 18.8 Å². The van der Waals surface area contributed by atoms with E-state index in [1.54, 1.807) is 0 Å². The van der Waals surface area contributed by atoms with Crippen LogP contribution in [0.4, 0.5) is 0 Å². The lowest BCUT2D eigenvalue weighted by atomic mass is 10.3. The monoisotopic (exact) mass is 182 g/mol. The molecule has 0 aromatic heterocycles. The first kappa shape index (κ1) is 8.84. The Bertz CT molecular complexity index is 206. The van der Waals surface area contributed by atoms with E-state index in [-0.39, 0.29) is 0 Å². The number of hydrazine groups is 1.